The molecule has 7 nitrogen and oxygen atoms in total. The Hall–Kier alpha value is -2.09. The molecule has 0 bridgehead atoms. The predicted molar refractivity (Wildman–Crippen MR) is 97.6 cm³/mol. The number of benzene rings is 1. The van der Waals surface area contributed by atoms with Crippen LogP contribution in [0.4, 0.5) is 0 Å². The number of amides is 2. The van der Waals surface area contributed by atoms with Gasteiger partial charge in [0.25, 0.3) is 11.8 Å². The second-order valence-electron chi connectivity index (χ2n) is 5.86. The number of carbonyl (C=O) groups excluding carboxylic acids is 2. The third kappa shape index (κ3) is 4.00. The van der Waals surface area contributed by atoms with E-state index in [-0.39, 0.29) is 17.5 Å². The van der Waals surface area contributed by atoms with Crippen molar-refractivity contribution in [2.75, 3.05) is 26.8 Å². The Morgan fingerprint density at radius 3 is 2.81 bits per heavy atom. The van der Waals surface area contributed by atoms with E-state index in [1.54, 1.807) is 28.8 Å². The van der Waals surface area contributed by atoms with E-state index in [0.29, 0.717) is 48.5 Å². The molecule has 9 heteroatoms. The standard InChI is InChI=1S/C17H18Cl2N4O3/c1-26-7-4-20-16(24)14-9-15-17(25)22(5-6-23(15)21-14)10-11-2-3-12(18)13(19)8-11/h2-3,8-9H,4-7,10H2,1H3,(H,20,24). The van der Waals surface area contributed by atoms with E-state index >= 15 is 0 Å². The second kappa shape index (κ2) is 8.07. The van der Waals surface area contributed by atoms with E-state index in [1.807, 2.05) is 6.07 Å². The van der Waals surface area contributed by atoms with Gasteiger partial charge >= 0.3 is 0 Å². The zero-order chi connectivity index (χ0) is 18.7. The first kappa shape index (κ1) is 18.7. The molecule has 0 unspecified atom stereocenters. The molecule has 0 fully saturated rings. The van der Waals surface area contributed by atoms with Crippen molar-refractivity contribution in [1.29, 1.82) is 0 Å². The van der Waals surface area contributed by atoms with E-state index in [9.17, 15) is 9.59 Å². The molecule has 3 rings (SSSR count). The number of fused-ring (bicyclic) bond motifs is 1. The van der Waals surface area contributed by atoms with Crippen LogP contribution in [0, 0.1) is 0 Å². The van der Waals surface area contributed by atoms with Gasteiger partial charge in [0.15, 0.2) is 5.69 Å². The summed E-state index contributed by atoms with van der Waals surface area (Å²) in [5.74, 6) is -0.501. The van der Waals surface area contributed by atoms with Crippen LogP contribution in [0.5, 0.6) is 0 Å². The summed E-state index contributed by atoms with van der Waals surface area (Å²) < 4.78 is 6.46. The molecule has 0 radical (unpaired) electrons. The highest BCUT2D eigenvalue weighted by molar-refractivity contribution is 6.42. The molecule has 1 aliphatic heterocycles. The predicted octanol–water partition coefficient (Wildman–Crippen LogP) is 2.22. The fraction of sp³-hybridized carbons (Fsp3) is 0.353. The lowest BCUT2D eigenvalue weighted by Gasteiger charge is -2.27. The highest BCUT2D eigenvalue weighted by Crippen LogP contribution is 2.24. The van der Waals surface area contributed by atoms with Crippen LogP contribution in [0.3, 0.4) is 0 Å². The fourth-order valence-corrected chi connectivity index (χ4v) is 3.04. The molecule has 26 heavy (non-hydrogen) atoms. The summed E-state index contributed by atoms with van der Waals surface area (Å²) in [7, 11) is 1.56. The normalized spacial score (nSPS) is 13.7. The molecule has 138 valence electrons. The molecule has 2 aromatic rings. The first-order valence-corrected chi connectivity index (χ1v) is 8.83. The van der Waals surface area contributed by atoms with E-state index in [1.165, 1.54) is 6.07 Å². The lowest BCUT2D eigenvalue weighted by molar-refractivity contribution is 0.0683. The molecule has 0 saturated carbocycles. The second-order valence-corrected chi connectivity index (χ2v) is 6.68. The van der Waals surface area contributed by atoms with E-state index < -0.39 is 0 Å². The highest BCUT2D eigenvalue weighted by atomic mass is 35.5. The summed E-state index contributed by atoms with van der Waals surface area (Å²) in [6, 6.07) is 6.81. The van der Waals surface area contributed by atoms with E-state index in [4.69, 9.17) is 27.9 Å². The van der Waals surface area contributed by atoms with Crippen LogP contribution in [0.2, 0.25) is 10.0 Å². The summed E-state index contributed by atoms with van der Waals surface area (Å²) in [5, 5.41) is 7.85. The van der Waals surface area contributed by atoms with Crippen molar-refractivity contribution >= 4 is 35.0 Å². The molecular weight excluding hydrogens is 379 g/mol. The van der Waals surface area contributed by atoms with Crippen molar-refractivity contribution in [3.05, 3.63) is 51.3 Å². The molecule has 0 atom stereocenters. The van der Waals surface area contributed by atoms with Crippen LogP contribution >= 0.6 is 23.2 Å². The van der Waals surface area contributed by atoms with Gasteiger partial charge in [-0.25, -0.2) is 0 Å². The number of nitrogens with zero attached hydrogens (tertiary/aromatic N) is 3. The topological polar surface area (TPSA) is 76.5 Å². The Morgan fingerprint density at radius 1 is 1.27 bits per heavy atom. The van der Waals surface area contributed by atoms with Crippen molar-refractivity contribution in [2.24, 2.45) is 0 Å². The zero-order valence-electron chi connectivity index (χ0n) is 14.2. The Kier molecular flexibility index (Phi) is 5.80. The van der Waals surface area contributed by atoms with Crippen LogP contribution in [0.15, 0.2) is 24.3 Å². The largest absolute Gasteiger partial charge is 0.383 e. The van der Waals surface area contributed by atoms with Crippen LogP contribution in [0.1, 0.15) is 26.5 Å². The minimum Gasteiger partial charge on any atom is -0.383 e. The van der Waals surface area contributed by atoms with Crippen LogP contribution < -0.4 is 5.32 Å². The number of hydrogen-bond donors (Lipinski definition) is 1. The quantitative estimate of drug-likeness (QED) is 0.759. The lowest BCUT2D eigenvalue weighted by atomic mass is 10.2. The number of aromatic nitrogens is 2. The maximum atomic E-state index is 12.7. The Bertz CT molecular complexity index is 837. The summed E-state index contributed by atoms with van der Waals surface area (Å²) in [6.45, 7) is 2.23. The Balaban J connectivity index is 1.71. The van der Waals surface area contributed by atoms with Crippen molar-refractivity contribution < 1.29 is 14.3 Å². The van der Waals surface area contributed by atoms with Gasteiger partial charge in [0.1, 0.15) is 5.69 Å². The van der Waals surface area contributed by atoms with Gasteiger partial charge < -0.3 is 15.0 Å². The Labute approximate surface area is 160 Å². The van der Waals surface area contributed by atoms with E-state index in [0.717, 1.165) is 5.56 Å². The molecule has 1 aliphatic rings. The molecule has 0 spiro atoms. The highest BCUT2D eigenvalue weighted by Gasteiger charge is 2.28. The van der Waals surface area contributed by atoms with Gasteiger partial charge in [0, 0.05) is 32.8 Å². The van der Waals surface area contributed by atoms with Gasteiger partial charge in [-0.1, -0.05) is 29.3 Å². The number of carbonyl (C=O) groups is 2. The zero-order valence-corrected chi connectivity index (χ0v) is 15.7. The lowest BCUT2D eigenvalue weighted by Crippen LogP contribution is -2.39. The maximum absolute atomic E-state index is 12.7. The summed E-state index contributed by atoms with van der Waals surface area (Å²) >= 11 is 12.0. The van der Waals surface area contributed by atoms with Crippen molar-refractivity contribution in [2.45, 2.75) is 13.1 Å². The van der Waals surface area contributed by atoms with Gasteiger partial charge in [0.05, 0.1) is 23.2 Å². The number of hydrogen-bond acceptors (Lipinski definition) is 4. The Morgan fingerprint density at radius 2 is 2.08 bits per heavy atom. The van der Waals surface area contributed by atoms with Crippen molar-refractivity contribution in [1.82, 2.24) is 20.0 Å². The average molecular weight is 397 g/mol. The molecule has 0 aliphatic carbocycles. The third-order valence-electron chi connectivity index (χ3n) is 4.05. The molecule has 2 amide bonds. The summed E-state index contributed by atoms with van der Waals surface area (Å²) in [6.07, 6.45) is 0. The molecule has 1 aromatic carbocycles. The first-order valence-electron chi connectivity index (χ1n) is 8.08. The molecule has 1 aromatic heterocycles. The van der Waals surface area contributed by atoms with Gasteiger partial charge in [0.2, 0.25) is 0 Å². The number of methoxy groups -OCH3 is 1. The van der Waals surface area contributed by atoms with Gasteiger partial charge in [-0.05, 0) is 17.7 Å². The maximum Gasteiger partial charge on any atom is 0.272 e. The van der Waals surface area contributed by atoms with Gasteiger partial charge in [-0.2, -0.15) is 5.10 Å². The summed E-state index contributed by atoms with van der Waals surface area (Å²) in [5.41, 5.74) is 1.51. The molecule has 2 heterocycles. The monoisotopic (exact) mass is 396 g/mol. The van der Waals surface area contributed by atoms with Crippen molar-refractivity contribution in [3.8, 4) is 0 Å². The number of rotatable bonds is 6. The molecule has 0 saturated heterocycles. The van der Waals surface area contributed by atoms with Crippen molar-refractivity contribution in [3.63, 3.8) is 0 Å². The smallest absolute Gasteiger partial charge is 0.272 e. The molecular formula is C17H18Cl2N4O3. The third-order valence-corrected chi connectivity index (χ3v) is 4.79. The number of nitrogens with one attached hydrogen (secondary N) is 1. The van der Waals surface area contributed by atoms with E-state index in [2.05, 4.69) is 10.4 Å². The van der Waals surface area contributed by atoms with Crippen LogP contribution in [-0.4, -0.2) is 53.3 Å². The summed E-state index contributed by atoms with van der Waals surface area (Å²) in [4.78, 5) is 26.5. The molecule has 1 N–H and O–H groups in total. The van der Waals surface area contributed by atoms with Gasteiger partial charge in [-0.3, -0.25) is 14.3 Å². The van der Waals surface area contributed by atoms with Crippen LogP contribution in [-0.2, 0) is 17.8 Å². The first-order chi connectivity index (χ1) is 12.5. The van der Waals surface area contributed by atoms with Gasteiger partial charge in [-0.15, -0.1) is 0 Å². The van der Waals surface area contributed by atoms with Crippen LogP contribution in [0.25, 0.3) is 0 Å². The number of halogens is 2. The SMILES string of the molecule is COCCNC(=O)c1cc2n(n1)CCN(Cc1ccc(Cl)c(Cl)c1)C2=O. The minimum atomic E-state index is -0.326. The minimum absolute atomic E-state index is 0.175. The average Bonchev–Trinajstić information content (AvgIpc) is 3.06. The number of ether oxygens (including phenoxy) is 1. The fourth-order valence-electron chi connectivity index (χ4n) is 2.72.